The molecule has 2 amide bonds. The van der Waals surface area contributed by atoms with Crippen molar-refractivity contribution in [3.8, 4) is 10.4 Å². The number of benzene rings is 1. The third kappa shape index (κ3) is 5.45. The summed E-state index contributed by atoms with van der Waals surface area (Å²) in [5.41, 5.74) is 6.47. The van der Waals surface area contributed by atoms with Crippen LogP contribution >= 0.6 is 35.3 Å². The van der Waals surface area contributed by atoms with Gasteiger partial charge in [0.15, 0.2) is 0 Å². The maximum Gasteiger partial charge on any atom is 0.263 e. The van der Waals surface area contributed by atoms with Gasteiger partial charge in [0.05, 0.1) is 10.8 Å². The number of thiophene rings is 1. The lowest BCUT2D eigenvalue weighted by molar-refractivity contribution is -0.126. The standard InChI is InChI=1S/C19H22ClN3O2S.ClH/c20-15-5-3-13(4-6-15)16-7-8-17(26-16)19(25)23-11-1-2-14(12-23)18(24)22-10-9-21;/h3-8,14H,1-2,9-12,21H2,(H,22,24);1H. The van der Waals surface area contributed by atoms with Crippen molar-refractivity contribution in [2.24, 2.45) is 11.7 Å². The number of rotatable bonds is 5. The van der Waals surface area contributed by atoms with Crippen molar-refractivity contribution in [1.82, 2.24) is 10.2 Å². The second kappa shape index (κ2) is 10.1. The first-order valence-corrected chi connectivity index (χ1v) is 9.91. The molecule has 1 saturated heterocycles. The van der Waals surface area contributed by atoms with Gasteiger partial charge < -0.3 is 16.0 Å². The number of carbonyl (C=O) groups is 2. The molecule has 5 nitrogen and oxygen atoms in total. The Morgan fingerprint density at radius 1 is 1.22 bits per heavy atom. The number of halogens is 2. The molecule has 0 spiro atoms. The minimum atomic E-state index is -0.157. The third-order valence-corrected chi connectivity index (χ3v) is 5.84. The molecule has 1 aromatic heterocycles. The Hall–Kier alpha value is -1.60. The Bertz CT molecular complexity index is 780. The van der Waals surface area contributed by atoms with Crippen molar-refractivity contribution >= 4 is 47.2 Å². The number of likely N-dealkylation sites (tertiary alicyclic amines) is 1. The van der Waals surface area contributed by atoms with E-state index in [0.717, 1.165) is 23.3 Å². The maximum absolute atomic E-state index is 12.8. The fourth-order valence-corrected chi connectivity index (χ4v) is 4.20. The van der Waals surface area contributed by atoms with Crippen LogP contribution in [0.2, 0.25) is 5.02 Å². The highest BCUT2D eigenvalue weighted by Crippen LogP contribution is 2.30. The van der Waals surface area contributed by atoms with E-state index in [1.807, 2.05) is 36.4 Å². The molecule has 1 aliphatic heterocycles. The van der Waals surface area contributed by atoms with E-state index in [9.17, 15) is 9.59 Å². The average Bonchev–Trinajstić information content (AvgIpc) is 3.16. The fourth-order valence-electron chi connectivity index (χ4n) is 3.09. The van der Waals surface area contributed by atoms with Gasteiger partial charge in [0.1, 0.15) is 0 Å². The quantitative estimate of drug-likeness (QED) is 0.767. The largest absolute Gasteiger partial charge is 0.355 e. The first kappa shape index (κ1) is 21.7. The van der Waals surface area contributed by atoms with E-state index in [1.54, 1.807) is 4.90 Å². The summed E-state index contributed by atoms with van der Waals surface area (Å²) in [7, 11) is 0. The number of nitrogens with zero attached hydrogens (tertiary/aromatic N) is 1. The highest BCUT2D eigenvalue weighted by molar-refractivity contribution is 7.17. The number of nitrogens with two attached hydrogens (primary N) is 1. The van der Waals surface area contributed by atoms with Gasteiger partial charge in [-0.25, -0.2) is 0 Å². The van der Waals surface area contributed by atoms with Gasteiger partial charge in [-0.3, -0.25) is 9.59 Å². The summed E-state index contributed by atoms with van der Waals surface area (Å²) >= 11 is 7.40. The summed E-state index contributed by atoms with van der Waals surface area (Å²) in [5.74, 6) is -0.178. The zero-order valence-corrected chi connectivity index (χ0v) is 17.2. The van der Waals surface area contributed by atoms with Crippen molar-refractivity contribution in [3.05, 3.63) is 46.3 Å². The molecule has 0 saturated carbocycles. The summed E-state index contributed by atoms with van der Waals surface area (Å²) in [6.07, 6.45) is 1.64. The molecule has 2 aromatic rings. The molecule has 2 heterocycles. The molecule has 0 bridgehead atoms. The van der Waals surface area contributed by atoms with Gasteiger partial charge in [-0.15, -0.1) is 23.7 Å². The maximum atomic E-state index is 12.8. The van der Waals surface area contributed by atoms with Crippen LogP contribution in [0.1, 0.15) is 22.5 Å². The van der Waals surface area contributed by atoms with Crippen LogP contribution < -0.4 is 11.1 Å². The number of hydrogen-bond donors (Lipinski definition) is 2. The molecule has 0 aliphatic carbocycles. The molecule has 27 heavy (non-hydrogen) atoms. The second-order valence-electron chi connectivity index (χ2n) is 6.34. The zero-order chi connectivity index (χ0) is 18.5. The van der Waals surface area contributed by atoms with Crippen LogP contribution in [0.3, 0.4) is 0 Å². The van der Waals surface area contributed by atoms with Crippen molar-refractivity contribution in [3.63, 3.8) is 0 Å². The summed E-state index contributed by atoms with van der Waals surface area (Å²) in [4.78, 5) is 28.5. The molecular formula is C19H23Cl2N3O2S. The van der Waals surface area contributed by atoms with Gasteiger partial charge in [-0.05, 0) is 42.7 Å². The molecule has 1 atom stereocenters. The SMILES string of the molecule is Cl.NCCNC(=O)C1CCCN(C(=O)c2ccc(-c3ccc(Cl)cc3)s2)C1. The number of nitrogens with one attached hydrogen (secondary N) is 1. The summed E-state index contributed by atoms with van der Waals surface area (Å²) < 4.78 is 0. The number of hydrogen-bond acceptors (Lipinski definition) is 4. The van der Waals surface area contributed by atoms with Crippen molar-refractivity contribution in [2.75, 3.05) is 26.2 Å². The molecule has 3 rings (SSSR count). The van der Waals surface area contributed by atoms with Gasteiger partial charge in [0, 0.05) is 36.1 Å². The lowest BCUT2D eigenvalue weighted by Crippen LogP contribution is -2.46. The first-order chi connectivity index (χ1) is 12.6. The first-order valence-electron chi connectivity index (χ1n) is 8.71. The highest BCUT2D eigenvalue weighted by atomic mass is 35.5. The van der Waals surface area contributed by atoms with Gasteiger partial charge in [-0.1, -0.05) is 23.7 Å². The molecule has 146 valence electrons. The smallest absolute Gasteiger partial charge is 0.263 e. The Morgan fingerprint density at radius 3 is 2.67 bits per heavy atom. The molecule has 1 unspecified atom stereocenters. The summed E-state index contributed by atoms with van der Waals surface area (Å²) in [5, 5.41) is 3.51. The number of amides is 2. The third-order valence-electron chi connectivity index (χ3n) is 4.47. The lowest BCUT2D eigenvalue weighted by atomic mass is 9.97. The predicted octanol–water partition coefficient (Wildman–Crippen LogP) is 3.42. The minimum Gasteiger partial charge on any atom is -0.355 e. The molecule has 8 heteroatoms. The van der Waals surface area contributed by atoms with E-state index in [0.29, 0.717) is 36.1 Å². The van der Waals surface area contributed by atoms with E-state index >= 15 is 0 Å². The Balaban J connectivity index is 0.00000261. The van der Waals surface area contributed by atoms with Crippen LogP contribution in [-0.4, -0.2) is 42.9 Å². The normalized spacial score (nSPS) is 16.5. The van der Waals surface area contributed by atoms with E-state index in [2.05, 4.69) is 5.32 Å². The van der Waals surface area contributed by atoms with Crippen LogP contribution in [0, 0.1) is 5.92 Å². The number of carbonyl (C=O) groups excluding carboxylic acids is 2. The monoisotopic (exact) mass is 427 g/mol. The van der Waals surface area contributed by atoms with E-state index in [1.165, 1.54) is 11.3 Å². The van der Waals surface area contributed by atoms with Crippen LogP contribution in [0.4, 0.5) is 0 Å². The van der Waals surface area contributed by atoms with Gasteiger partial charge in [0.25, 0.3) is 5.91 Å². The second-order valence-corrected chi connectivity index (χ2v) is 7.86. The van der Waals surface area contributed by atoms with Gasteiger partial charge in [-0.2, -0.15) is 0 Å². The zero-order valence-electron chi connectivity index (χ0n) is 14.8. The van der Waals surface area contributed by atoms with Crippen molar-refractivity contribution in [2.45, 2.75) is 12.8 Å². The van der Waals surface area contributed by atoms with Crippen molar-refractivity contribution < 1.29 is 9.59 Å². The van der Waals surface area contributed by atoms with Gasteiger partial charge >= 0.3 is 0 Å². The summed E-state index contributed by atoms with van der Waals surface area (Å²) in [6.45, 7) is 2.04. The minimum absolute atomic E-state index is 0. The van der Waals surface area contributed by atoms with Crippen LogP contribution in [0.5, 0.6) is 0 Å². The Kier molecular flexibility index (Phi) is 8.10. The van der Waals surface area contributed by atoms with Crippen LogP contribution in [0.15, 0.2) is 36.4 Å². The van der Waals surface area contributed by atoms with Gasteiger partial charge in [0.2, 0.25) is 5.91 Å². The molecular weight excluding hydrogens is 405 g/mol. The molecule has 1 fully saturated rings. The topological polar surface area (TPSA) is 75.4 Å². The van der Waals surface area contributed by atoms with Crippen molar-refractivity contribution in [1.29, 1.82) is 0 Å². The van der Waals surface area contributed by atoms with Crippen LogP contribution in [0.25, 0.3) is 10.4 Å². The lowest BCUT2D eigenvalue weighted by Gasteiger charge is -2.31. The van der Waals surface area contributed by atoms with E-state index in [-0.39, 0.29) is 30.1 Å². The van der Waals surface area contributed by atoms with E-state index in [4.69, 9.17) is 17.3 Å². The Labute approximate surface area is 174 Å². The fraction of sp³-hybridized carbons (Fsp3) is 0.368. The number of piperidine rings is 1. The van der Waals surface area contributed by atoms with Crippen LogP contribution in [-0.2, 0) is 4.79 Å². The summed E-state index contributed by atoms with van der Waals surface area (Å²) in [6, 6.07) is 11.4. The Morgan fingerprint density at radius 2 is 1.96 bits per heavy atom. The molecule has 1 aliphatic rings. The molecule has 3 N–H and O–H groups in total. The predicted molar refractivity (Wildman–Crippen MR) is 113 cm³/mol. The molecule has 1 aromatic carbocycles. The average molecular weight is 428 g/mol. The molecule has 0 radical (unpaired) electrons. The highest BCUT2D eigenvalue weighted by Gasteiger charge is 2.29. The van der Waals surface area contributed by atoms with E-state index < -0.39 is 0 Å².